The van der Waals surface area contributed by atoms with Crippen LogP contribution in [-0.2, 0) is 39.9 Å². The highest BCUT2D eigenvalue weighted by Gasteiger charge is 2.58. The lowest BCUT2D eigenvalue weighted by Crippen LogP contribution is -2.42. The largest absolute Gasteiger partial charge is 0.462 e. The van der Waals surface area contributed by atoms with E-state index in [1.807, 2.05) is 4.98 Å². The molecule has 0 aliphatic carbocycles. The molecule has 12 nitrogen and oxygen atoms in total. The van der Waals surface area contributed by atoms with Crippen molar-refractivity contribution in [3.8, 4) is 0 Å². The number of alkyl halides is 2. The van der Waals surface area contributed by atoms with Gasteiger partial charge in [-0.15, -0.1) is 0 Å². The molecule has 0 aromatic carbocycles. The van der Waals surface area contributed by atoms with Gasteiger partial charge in [-0.25, -0.2) is 14.3 Å². The lowest BCUT2D eigenvalue weighted by atomic mass is 10.00. The van der Waals surface area contributed by atoms with Crippen molar-refractivity contribution in [1.29, 1.82) is 0 Å². The van der Waals surface area contributed by atoms with Gasteiger partial charge in [-0.05, 0) is 39.5 Å². The summed E-state index contributed by atoms with van der Waals surface area (Å²) >= 11 is 12.6. The number of ether oxygens (including phenoxy) is 2. The Bertz CT molecular complexity index is 1240. The van der Waals surface area contributed by atoms with Crippen LogP contribution in [-0.4, -0.2) is 74.2 Å². The van der Waals surface area contributed by atoms with E-state index in [-0.39, 0.29) is 23.0 Å². The smallest absolute Gasteiger partial charge is 0.330 e. The van der Waals surface area contributed by atoms with Crippen molar-refractivity contribution >= 4 is 52.9 Å². The molecule has 2 heterocycles. The molecule has 0 radical (unpaired) electrons. The van der Waals surface area contributed by atoms with E-state index in [9.17, 15) is 24.3 Å². The summed E-state index contributed by atoms with van der Waals surface area (Å²) in [5, 5.41) is 10.3. The molecule has 1 aromatic heterocycles. The van der Waals surface area contributed by atoms with Gasteiger partial charge in [0.2, 0.25) is 0 Å². The second kappa shape index (κ2) is 13.9. The van der Waals surface area contributed by atoms with Crippen molar-refractivity contribution in [2.24, 2.45) is 5.41 Å². The van der Waals surface area contributed by atoms with Crippen molar-refractivity contribution in [2.45, 2.75) is 84.2 Å². The van der Waals surface area contributed by atoms with Crippen molar-refractivity contribution in [2.75, 3.05) is 19.0 Å². The first-order valence-corrected chi connectivity index (χ1v) is 16.4. The Morgan fingerprint density at radius 3 is 2.55 bits per heavy atom. The second-order valence-corrected chi connectivity index (χ2v) is 15.3. The number of halogens is 2. The fraction of sp³-hybridized carbons (Fsp3) is 0.739. The average Bonchev–Trinajstić information content (AvgIpc) is 3.05. The number of aryl methyl sites for hydroxylation is 1. The third-order valence-electron chi connectivity index (χ3n) is 5.43. The molecule has 40 heavy (non-hydrogen) atoms. The maximum atomic E-state index is 15.4. The highest BCUT2D eigenvalue weighted by molar-refractivity contribution is 8.13. The first-order valence-electron chi connectivity index (χ1n) is 12.4. The van der Waals surface area contributed by atoms with E-state index in [0.29, 0.717) is 0 Å². The van der Waals surface area contributed by atoms with Gasteiger partial charge in [0.15, 0.2) is 11.3 Å². The number of esters is 1. The lowest BCUT2D eigenvalue weighted by Gasteiger charge is -2.28. The molecule has 1 aromatic rings. The summed E-state index contributed by atoms with van der Waals surface area (Å²) in [5.74, 6) is -0.388. The molecule has 1 aliphatic heterocycles. The van der Waals surface area contributed by atoms with Gasteiger partial charge in [0.25, 0.3) is 17.3 Å². The molecule has 228 valence electrons. The van der Waals surface area contributed by atoms with E-state index >= 15 is 4.39 Å². The molecule has 0 spiro atoms. The number of nitrogens with one attached hydrogen (secondary N) is 2. The number of nitrogens with zero attached hydrogens (tertiary/aromatic N) is 1. The van der Waals surface area contributed by atoms with Crippen LogP contribution in [0.1, 0.15) is 53.3 Å². The van der Waals surface area contributed by atoms with Crippen LogP contribution in [0.4, 0.5) is 4.39 Å². The average molecular weight is 648 g/mol. The van der Waals surface area contributed by atoms with E-state index in [4.69, 9.17) is 41.9 Å². The summed E-state index contributed by atoms with van der Waals surface area (Å²) in [6.45, 7) is 7.49. The number of hydrogen-bond acceptors (Lipinski definition) is 11. The molecular formula is C23H36ClFN3O9PS2. The standard InChI is InChI=1S/C23H36ClFN3O9PS2/c1-12(2)36-18(31)14(4)27-38(39,34-8-9-40-20(32)22(5,6)7)35-11-15-16(29)23(24,25)19(37-15)28-10-13(3)17(30)26-21(28)33/h10,12,14-16,19,29H,8-9,11H2,1-7H3,(H,27,39)(H,26,30,33)/t14-,15-,16-,19-,23+,38?/m1/s1. The van der Waals surface area contributed by atoms with E-state index in [2.05, 4.69) is 5.09 Å². The van der Waals surface area contributed by atoms with Crippen molar-refractivity contribution in [1.82, 2.24) is 14.6 Å². The fourth-order valence-corrected chi connectivity index (χ4v) is 6.85. The van der Waals surface area contributed by atoms with Gasteiger partial charge >= 0.3 is 11.7 Å². The number of rotatable bonds is 12. The van der Waals surface area contributed by atoms with E-state index in [0.717, 1.165) is 22.5 Å². The van der Waals surface area contributed by atoms with Crippen LogP contribution >= 0.6 is 30.0 Å². The Morgan fingerprint density at radius 1 is 1.35 bits per heavy atom. The zero-order valence-corrected chi connectivity index (χ0v) is 26.5. The molecule has 3 N–H and O–H groups in total. The van der Waals surface area contributed by atoms with E-state index in [1.54, 1.807) is 34.6 Å². The predicted octanol–water partition coefficient (Wildman–Crippen LogP) is 2.50. The normalized spacial score (nSPS) is 25.5. The van der Waals surface area contributed by atoms with Crippen LogP contribution in [0.25, 0.3) is 0 Å². The number of carbonyl (C=O) groups excluding carboxylic acids is 2. The van der Waals surface area contributed by atoms with Crippen LogP contribution in [0, 0.1) is 12.3 Å². The van der Waals surface area contributed by atoms with Crippen LogP contribution in [0.3, 0.4) is 0 Å². The summed E-state index contributed by atoms with van der Waals surface area (Å²) in [6, 6.07) is -0.963. The van der Waals surface area contributed by atoms with Crippen molar-refractivity contribution in [3.63, 3.8) is 0 Å². The minimum Gasteiger partial charge on any atom is -0.462 e. The molecule has 0 bridgehead atoms. The van der Waals surface area contributed by atoms with Gasteiger partial charge in [-0.3, -0.25) is 23.9 Å². The fourth-order valence-electron chi connectivity index (χ4n) is 3.28. The van der Waals surface area contributed by atoms with Gasteiger partial charge in [0.05, 0.1) is 19.3 Å². The number of hydrogen-bond donors (Lipinski definition) is 3. The molecular weight excluding hydrogens is 612 g/mol. The quantitative estimate of drug-likeness (QED) is 0.132. The molecule has 0 amide bonds. The Hall–Kier alpha value is -1.16. The first kappa shape index (κ1) is 35.0. The molecule has 1 saturated heterocycles. The van der Waals surface area contributed by atoms with Crippen LogP contribution in [0.2, 0.25) is 0 Å². The first-order chi connectivity index (χ1) is 18.3. The monoisotopic (exact) mass is 647 g/mol. The maximum absolute atomic E-state index is 15.4. The highest BCUT2D eigenvalue weighted by Crippen LogP contribution is 2.48. The summed E-state index contributed by atoms with van der Waals surface area (Å²) in [5.41, 5.74) is -2.14. The molecule has 2 rings (SSSR count). The van der Waals surface area contributed by atoms with Gasteiger partial charge in [0.1, 0.15) is 18.2 Å². The zero-order valence-electron chi connectivity index (χ0n) is 23.3. The van der Waals surface area contributed by atoms with Crippen LogP contribution in [0.15, 0.2) is 15.8 Å². The third kappa shape index (κ3) is 9.17. The summed E-state index contributed by atoms with van der Waals surface area (Å²) in [6.07, 6.45) is -4.55. The minimum atomic E-state index is -3.52. The summed E-state index contributed by atoms with van der Waals surface area (Å²) in [7, 11) is 0. The van der Waals surface area contributed by atoms with E-state index in [1.165, 1.54) is 13.8 Å². The topological polar surface area (TPSA) is 158 Å². The minimum absolute atomic E-state index is 0.0337. The molecule has 1 unspecified atom stereocenters. The SMILES string of the molecule is Cc1cn([C@@H]2O[C@H](COP(=S)(N[C@H](C)C(=O)OC(C)C)OCCSC(=O)C(C)(C)C)[C@@H](O)[C@@]2(F)Cl)c(=O)[nH]c1=O. The number of aliphatic hydroxyl groups is 1. The Balaban J connectivity index is 2.19. The number of carbonyl (C=O) groups is 2. The summed E-state index contributed by atoms with van der Waals surface area (Å²) < 4.78 is 38.4. The number of aliphatic hydroxyl groups excluding tert-OH is 1. The number of H-pyrrole nitrogens is 1. The zero-order chi connectivity index (χ0) is 30.6. The van der Waals surface area contributed by atoms with Crippen LogP contribution < -0.4 is 16.3 Å². The molecule has 1 aliphatic rings. The summed E-state index contributed by atoms with van der Waals surface area (Å²) in [4.78, 5) is 50.6. The predicted molar refractivity (Wildman–Crippen MR) is 153 cm³/mol. The molecule has 1 fully saturated rings. The van der Waals surface area contributed by atoms with Crippen LogP contribution in [0.5, 0.6) is 0 Å². The number of thioether (sulfide) groups is 1. The van der Waals surface area contributed by atoms with Gasteiger partial charge in [-0.2, -0.15) is 0 Å². The maximum Gasteiger partial charge on any atom is 0.330 e. The molecule has 6 atom stereocenters. The second-order valence-electron chi connectivity index (χ2n) is 10.5. The number of aromatic nitrogens is 2. The highest BCUT2D eigenvalue weighted by atomic mass is 35.5. The third-order valence-corrected chi connectivity index (χ3v) is 9.75. The Kier molecular flexibility index (Phi) is 12.2. The number of aromatic amines is 1. The van der Waals surface area contributed by atoms with Gasteiger partial charge < -0.3 is 23.6 Å². The molecule has 0 saturated carbocycles. The lowest BCUT2D eigenvalue weighted by molar-refractivity contribution is -0.149. The Morgan fingerprint density at radius 2 is 1.98 bits per heavy atom. The van der Waals surface area contributed by atoms with Gasteiger partial charge in [0, 0.05) is 22.9 Å². The van der Waals surface area contributed by atoms with E-state index < -0.39 is 71.6 Å². The van der Waals surface area contributed by atoms with Gasteiger partial charge in [-0.1, -0.05) is 44.1 Å². The molecule has 17 heteroatoms. The van der Waals surface area contributed by atoms with Crippen molar-refractivity contribution < 1.29 is 37.6 Å². The van der Waals surface area contributed by atoms with Crippen molar-refractivity contribution in [3.05, 3.63) is 32.6 Å². The Labute approximate surface area is 245 Å².